The van der Waals surface area contributed by atoms with Gasteiger partial charge in [0, 0.05) is 38.2 Å². The molecule has 2 aromatic carbocycles. The fraction of sp³-hybridized carbons (Fsp3) is 0.364. The average Bonchev–Trinajstić information content (AvgIpc) is 2.75. The summed E-state index contributed by atoms with van der Waals surface area (Å²) in [6.45, 7) is 1.01. The number of nitrogens with one attached hydrogen (secondary N) is 2. The number of hydrogen-bond donors (Lipinski definition) is 2. The van der Waals surface area contributed by atoms with E-state index in [0.717, 1.165) is 10.6 Å². The number of amides is 2. The van der Waals surface area contributed by atoms with Crippen molar-refractivity contribution in [2.24, 2.45) is 0 Å². The quantitative estimate of drug-likeness (QED) is 0.416. The van der Waals surface area contributed by atoms with E-state index >= 15 is 0 Å². The van der Waals surface area contributed by atoms with Crippen LogP contribution in [0.1, 0.15) is 29.6 Å². The highest BCUT2D eigenvalue weighted by Crippen LogP contribution is 2.31. The lowest BCUT2D eigenvalue weighted by Gasteiger charge is -2.23. The molecule has 0 spiro atoms. The Bertz CT molecular complexity index is 1080. The molecule has 2 aromatic rings. The van der Waals surface area contributed by atoms with Crippen LogP contribution in [0.3, 0.4) is 0 Å². The van der Waals surface area contributed by atoms with Crippen LogP contribution in [-0.4, -0.2) is 53.3 Å². The van der Waals surface area contributed by atoms with Gasteiger partial charge in [-0.25, -0.2) is 8.42 Å². The van der Waals surface area contributed by atoms with E-state index in [-0.39, 0.29) is 41.9 Å². The summed E-state index contributed by atoms with van der Waals surface area (Å²) in [5, 5.41) is 6.09. The highest BCUT2D eigenvalue weighted by molar-refractivity contribution is 7.92. The predicted octanol–water partition coefficient (Wildman–Crippen LogP) is 3.94. The first-order chi connectivity index (χ1) is 15.6. The van der Waals surface area contributed by atoms with Crippen LogP contribution in [0.25, 0.3) is 0 Å². The van der Waals surface area contributed by atoms with Gasteiger partial charge >= 0.3 is 0 Å². The van der Waals surface area contributed by atoms with Crippen molar-refractivity contribution in [2.75, 3.05) is 42.7 Å². The van der Waals surface area contributed by atoms with E-state index in [1.165, 1.54) is 12.1 Å². The number of halogens is 2. The van der Waals surface area contributed by atoms with Gasteiger partial charge in [-0.05, 0) is 43.2 Å². The summed E-state index contributed by atoms with van der Waals surface area (Å²) >= 11 is 12.1. The smallest absolute Gasteiger partial charge is 0.253 e. The molecule has 0 radical (unpaired) electrons. The molecule has 0 saturated carbocycles. The molecular weight excluding hydrogens is 489 g/mol. The number of rotatable bonds is 12. The lowest BCUT2D eigenvalue weighted by Crippen LogP contribution is -2.31. The Morgan fingerprint density at radius 2 is 1.82 bits per heavy atom. The van der Waals surface area contributed by atoms with E-state index in [1.807, 2.05) is 0 Å². The third-order valence-corrected chi connectivity index (χ3v) is 6.33. The number of sulfonamides is 1. The Balaban J connectivity index is 2.00. The second-order valence-electron chi connectivity index (χ2n) is 7.23. The van der Waals surface area contributed by atoms with Crippen LogP contribution in [0.2, 0.25) is 10.0 Å². The molecule has 0 aromatic heterocycles. The summed E-state index contributed by atoms with van der Waals surface area (Å²) in [7, 11) is -2.06. The van der Waals surface area contributed by atoms with Gasteiger partial charge in [0.2, 0.25) is 15.9 Å². The van der Waals surface area contributed by atoms with E-state index in [9.17, 15) is 18.0 Å². The fourth-order valence-electron chi connectivity index (χ4n) is 3.04. The van der Waals surface area contributed by atoms with Gasteiger partial charge in [0.15, 0.2) is 0 Å². The Morgan fingerprint density at radius 3 is 2.52 bits per heavy atom. The van der Waals surface area contributed by atoms with E-state index in [0.29, 0.717) is 35.8 Å². The number of para-hydroxylation sites is 1. The number of carbonyl (C=O) groups excluding carboxylic acids is 2. The molecule has 0 aliphatic rings. The zero-order chi connectivity index (χ0) is 24.4. The molecule has 11 heteroatoms. The predicted molar refractivity (Wildman–Crippen MR) is 132 cm³/mol. The Morgan fingerprint density at radius 1 is 1.09 bits per heavy atom. The molecule has 2 rings (SSSR count). The third kappa shape index (κ3) is 8.51. The molecular formula is C22H27Cl2N3O5S. The monoisotopic (exact) mass is 515 g/mol. The molecule has 0 heterocycles. The average molecular weight is 516 g/mol. The molecule has 8 nitrogen and oxygen atoms in total. The van der Waals surface area contributed by atoms with Crippen LogP contribution in [-0.2, 0) is 19.6 Å². The second-order valence-corrected chi connectivity index (χ2v) is 9.98. The van der Waals surface area contributed by atoms with E-state index in [2.05, 4.69) is 10.6 Å². The van der Waals surface area contributed by atoms with Gasteiger partial charge < -0.3 is 15.4 Å². The lowest BCUT2D eigenvalue weighted by molar-refractivity contribution is -0.116. The number of hydrogen-bond acceptors (Lipinski definition) is 5. The Labute approximate surface area is 204 Å². The van der Waals surface area contributed by atoms with E-state index in [4.69, 9.17) is 27.9 Å². The molecule has 0 atom stereocenters. The van der Waals surface area contributed by atoms with Gasteiger partial charge in [-0.15, -0.1) is 0 Å². The van der Waals surface area contributed by atoms with Gasteiger partial charge in [-0.1, -0.05) is 35.3 Å². The number of carbonyl (C=O) groups is 2. The van der Waals surface area contributed by atoms with Gasteiger partial charge in [-0.3, -0.25) is 13.9 Å². The topological polar surface area (TPSA) is 105 Å². The molecule has 0 aliphatic carbocycles. The van der Waals surface area contributed by atoms with Crippen molar-refractivity contribution in [2.45, 2.75) is 19.3 Å². The largest absolute Gasteiger partial charge is 0.385 e. The molecule has 0 aliphatic heterocycles. The molecule has 0 fully saturated rings. The standard InChI is InChI=1S/C22H27Cl2N3O5S/c1-32-14-6-12-25-22(29)17-7-3-4-8-19(17)26-21(28)9-5-13-27(33(2,30)31)20-15-16(23)10-11-18(20)24/h3-4,7-8,10-11,15H,5-6,9,12-14H2,1-2H3,(H,25,29)(H,26,28). The number of ether oxygens (including phenoxy) is 1. The van der Waals surface area contributed by atoms with Crippen LogP contribution in [0.15, 0.2) is 42.5 Å². The second kappa shape index (κ2) is 12.8. The SMILES string of the molecule is COCCCNC(=O)c1ccccc1NC(=O)CCCN(c1cc(Cl)ccc1Cl)S(C)(=O)=O. The maximum Gasteiger partial charge on any atom is 0.253 e. The van der Waals surface area contributed by atoms with Gasteiger partial charge in [0.05, 0.1) is 28.2 Å². The highest BCUT2D eigenvalue weighted by Gasteiger charge is 2.21. The van der Waals surface area contributed by atoms with Crippen LogP contribution >= 0.6 is 23.2 Å². The third-order valence-electron chi connectivity index (χ3n) is 4.60. The number of nitrogens with zero attached hydrogens (tertiary/aromatic N) is 1. The first kappa shape index (κ1) is 26.9. The summed E-state index contributed by atoms with van der Waals surface area (Å²) in [5.74, 6) is -0.652. The van der Waals surface area contributed by atoms with Crippen molar-refractivity contribution in [1.82, 2.24) is 5.32 Å². The van der Waals surface area contributed by atoms with Crippen LogP contribution in [0.4, 0.5) is 11.4 Å². The van der Waals surface area contributed by atoms with Gasteiger partial charge in [0.25, 0.3) is 5.91 Å². The normalized spacial score (nSPS) is 11.2. The van der Waals surface area contributed by atoms with Crippen molar-refractivity contribution in [3.8, 4) is 0 Å². The van der Waals surface area contributed by atoms with E-state index in [1.54, 1.807) is 37.4 Å². The van der Waals surface area contributed by atoms with Crippen LogP contribution in [0.5, 0.6) is 0 Å². The van der Waals surface area contributed by atoms with Crippen molar-refractivity contribution < 1.29 is 22.7 Å². The first-order valence-electron chi connectivity index (χ1n) is 10.2. The molecule has 33 heavy (non-hydrogen) atoms. The summed E-state index contributed by atoms with van der Waals surface area (Å²) in [6, 6.07) is 11.2. The minimum absolute atomic E-state index is 0.0357. The minimum Gasteiger partial charge on any atom is -0.385 e. The zero-order valence-corrected chi connectivity index (χ0v) is 20.8. The Kier molecular flexibility index (Phi) is 10.4. The minimum atomic E-state index is -3.65. The molecule has 180 valence electrons. The summed E-state index contributed by atoms with van der Waals surface area (Å²) in [4.78, 5) is 24.9. The van der Waals surface area contributed by atoms with Crippen LogP contribution < -0.4 is 14.9 Å². The zero-order valence-electron chi connectivity index (χ0n) is 18.4. The number of anilines is 2. The van der Waals surface area contributed by atoms with Crippen molar-refractivity contribution in [3.63, 3.8) is 0 Å². The summed E-state index contributed by atoms with van der Waals surface area (Å²) < 4.78 is 30.6. The molecule has 0 saturated heterocycles. The number of methoxy groups -OCH3 is 1. The van der Waals surface area contributed by atoms with Crippen LogP contribution in [0, 0.1) is 0 Å². The maximum absolute atomic E-state index is 12.5. The maximum atomic E-state index is 12.5. The van der Waals surface area contributed by atoms with Gasteiger partial charge in [-0.2, -0.15) is 0 Å². The summed E-state index contributed by atoms with van der Waals surface area (Å²) in [5.41, 5.74) is 0.971. The lowest BCUT2D eigenvalue weighted by atomic mass is 10.1. The first-order valence-corrected chi connectivity index (χ1v) is 12.8. The summed E-state index contributed by atoms with van der Waals surface area (Å²) in [6.07, 6.45) is 2.00. The van der Waals surface area contributed by atoms with Crippen molar-refractivity contribution in [1.29, 1.82) is 0 Å². The van der Waals surface area contributed by atoms with Crippen molar-refractivity contribution in [3.05, 3.63) is 58.1 Å². The van der Waals surface area contributed by atoms with Crippen molar-refractivity contribution >= 4 is 56.4 Å². The van der Waals surface area contributed by atoms with E-state index < -0.39 is 10.0 Å². The number of benzene rings is 2. The highest BCUT2D eigenvalue weighted by atomic mass is 35.5. The molecule has 2 amide bonds. The Hall–Kier alpha value is -2.33. The molecule has 0 unspecified atom stereocenters. The molecule has 0 bridgehead atoms. The van der Waals surface area contributed by atoms with Gasteiger partial charge in [0.1, 0.15) is 0 Å². The fourth-order valence-corrected chi connectivity index (χ4v) is 4.45. The molecule has 2 N–H and O–H groups in total.